The van der Waals surface area contributed by atoms with Crippen molar-refractivity contribution in [2.24, 2.45) is 0 Å². The number of alkyl halides is 3. The summed E-state index contributed by atoms with van der Waals surface area (Å²) in [6, 6.07) is 2.01. The zero-order valence-electron chi connectivity index (χ0n) is 13.2. The second kappa shape index (κ2) is 7.61. The van der Waals surface area contributed by atoms with Crippen molar-refractivity contribution in [2.45, 2.75) is 31.0 Å². The van der Waals surface area contributed by atoms with E-state index in [4.69, 9.17) is 0 Å². The highest BCUT2D eigenvalue weighted by Crippen LogP contribution is 2.35. The van der Waals surface area contributed by atoms with E-state index < -0.39 is 38.4 Å². The second-order valence-corrected chi connectivity index (χ2v) is 7.82. The van der Waals surface area contributed by atoms with Crippen LogP contribution in [0.4, 0.5) is 22.0 Å². The summed E-state index contributed by atoms with van der Waals surface area (Å²) in [5, 5.41) is 3.46. The highest BCUT2D eigenvalue weighted by Gasteiger charge is 2.37. The maximum atomic E-state index is 13.5. The Hall–Kier alpha value is -1.53. The summed E-state index contributed by atoms with van der Waals surface area (Å²) in [6.45, 7) is 1.23. The number of sulfonamides is 1. The van der Waals surface area contributed by atoms with Crippen molar-refractivity contribution >= 4 is 26.0 Å². The first-order valence-corrected chi connectivity index (χ1v) is 9.46. The molecule has 1 aromatic heterocycles. The zero-order chi connectivity index (χ0) is 19.7. The van der Waals surface area contributed by atoms with Gasteiger partial charge in [-0.25, -0.2) is 21.9 Å². The lowest BCUT2D eigenvalue weighted by Crippen LogP contribution is -2.26. The Kier molecular flexibility index (Phi) is 6.08. The van der Waals surface area contributed by atoms with E-state index in [1.54, 1.807) is 0 Å². The van der Waals surface area contributed by atoms with Gasteiger partial charge in [0.2, 0.25) is 10.0 Å². The molecule has 5 nitrogen and oxygen atoms in total. The normalized spacial score (nSPS) is 12.6. The van der Waals surface area contributed by atoms with Crippen molar-refractivity contribution in [2.75, 3.05) is 6.54 Å². The molecule has 0 atom stereocenters. The quantitative estimate of drug-likeness (QED) is 0.527. The predicted molar refractivity (Wildman–Crippen MR) is 85.8 cm³/mol. The summed E-state index contributed by atoms with van der Waals surface area (Å²) in [6.07, 6.45) is -4.53. The minimum Gasteiger partial charge on any atom is -0.268 e. The van der Waals surface area contributed by atoms with E-state index in [1.807, 2.05) is 0 Å². The van der Waals surface area contributed by atoms with E-state index >= 15 is 0 Å². The molecule has 1 aromatic carbocycles. The van der Waals surface area contributed by atoms with Crippen molar-refractivity contribution in [3.05, 3.63) is 45.7 Å². The molecule has 0 fully saturated rings. The fourth-order valence-electron chi connectivity index (χ4n) is 2.12. The number of nitrogens with one attached hydrogen (secondary N) is 1. The van der Waals surface area contributed by atoms with E-state index in [0.717, 1.165) is 10.7 Å². The number of halogens is 6. The third-order valence-corrected chi connectivity index (χ3v) is 5.85. The molecule has 1 N–H and O–H groups in total. The molecule has 0 aliphatic heterocycles. The van der Waals surface area contributed by atoms with Gasteiger partial charge in [0.15, 0.2) is 5.69 Å². The lowest BCUT2D eigenvalue weighted by molar-refractivity contribution is -0.142. The fourth-order valence-corrected chi connectivity index (χ4v) is 3.79. The van der Waals surface area contributed by atoms with Crippen LogP contribution >= 0.6 is 15.9 Å². The van der Waals surface area contributed by atoms with Crippen molar-refractivity contribution < 1.29 is 30.4 Å². The Morgan fingerprint density at radius 2 is 1.92 bits per heavy atom. The van der Waals surface area contributed by atoms with Crippen LogP contribution in [0.15, 0.2) is 27.6 Å². The van der Waals surface area contributed by atoms with Crippen LogP contribution < -0.4 is 4.72 Å². The molecule has 12 heteroatoms. The Morgan fingerprint density at radius 3 is 2.50 bits per heavy atom. The fraction of sp³-hybridized carbons (Fsp3) is 0.357. The summed E-state index contributed by atoms with van der Waals surface area (Å²) in [7, 11) is -4.29. The first-order valence-electron chi connectivity index (χ1n) is 7.18. The number of aryl methyl sites for hydroxylation is 1. The Bertz CT molecular complexity index is 912. The molecule has 26 heavy (non-hydrogen) atoms. The molecule has 0 aliphatic carbocycles. The van der Waals surface area contributed by atoms with Crippen LogP contribution in [0.2, 0.25) is 0 Å². The summed E-state index contributed by atoms with van der Waals surface area (Å²) in [4.78, 5) is -0.838. The molecular formula is C14H13BrF5N3O2S. The summed E-state index contributed by atoms with van der Waals surface area (Å²) in [5.74, 6) is -2.02. The highest BCUT2D eigenvalue weighted by atomic mass is 79.9. The standard InChI is InChI=1S/C14H13BrF5N3O2S/c1-8-12(15)13(14(18,19)20)22-23(8)6-2-5-21-26(24,25)11-7-9(16)3-4-10(11)17/h3-4,7,21H,2,5-6H2,1H3. The van der Waals surface area contributed by atoms with Gasteiger partial charge < -0.3 is 0 Å². The van der Waals surface area contributed by atoms with Gasteiger partial charge in [0.25, 0.3) is 0 Å². The summed E-state index contributed by atoms with van der Waals surface area (Å²) in [5.41, 5.74) is -0.839. The average Bonchev–Trinajstić information content (AvgIpc) is 2.82. The summed E-state index contributed by atoms with van der Waals surface area (Å²) < 4.78 is 91.9. The van der Waals surface area contributed by atoms with Crippen LogP contribution in [0, 0.1) is 18.6 Å². The minimum atomic E-state index is -4.62. The first-order chi connectivity index (χ1) is 11.9. The Morgan fingerprint density at radius 1 is 1.27 bits per heavy atom. The third-order valence-electron chi connectivity index (χ3n) is 3.42. The molecule has 2 aromatic rings. The van der Waals surface area contributed by atoms with E-state index in [9.17, 15) is 30.4 Å². The lowest BCUT2D eigenvalue weighted by Gasteiger charge is -2.08. The van der Waals surface area contributed by atoms with Crippen molar-refractivity contribution in [3.63, 3.8) is 0 Å². The zero-order valence-corrected chi connectivity index (χ0v) is 15.6. The van der Waals surface area contributed by atoms with Gasteiger partial charge in [-0.05, 0) is 47.5 Å². The van der Waals surface area contributed by atoms with Gasteiger partial charge >= 0.3 is 6.18 Å². The van der Waals surface area contributed by atoms with E-state index in [1.165, 1.54) is 6.92 Å². The van der Waals surface area contributed by atoms with Crippen LogP contribution in [0.5, 0.6) is 0 Å². The Balaban J connectivity index is 2.02. The van der Waals surface area contributed by atoms with Gasteiger partial charge in [0.1, 0.15) is 16.5 Å². The predicted octanol–water partition coefficient (Wildman–Crippen LogP) is 3.62. The smallest absolute Gasteiger partial charge is 0.268 e. The average molecular weight is 462 g/mol. The molecular weight excluding hydrogens is 449 g/mol. The van der Waals surface area contributed by atoms with Crippen molar-refractivity contribution in [1.29, 1.82) is 0 Å². The van der Waals surface area contributed by atoms with Crippen molar-refractivity contribution in [1.82, 2.24) is 14.5 Å². The molecule has 2 rings (SSSR count). The lowest BCUT2D eigenvalue weighted by atomic mass is 10.3. The first kappa shape index (κ1) is 20.8. The molecule has 0 saturated carbocycles. The molecule has 0 bridgehead atoms. The molecule has 144 valence electrons. The van der Waals surface area contributed by atoms with Gasteiger partial charge in [0.05, 0.1) is 10.2 Å². The van der Waals surface area contributed by atoms with Gasteiger partial charge in [-0.3, -0.25) is 4.68 Å². The topological polar surface area (TPSA) is 64.0 Å². The molecule has 0 amide bonds. The van der Waals surface area contributed by atoms with E-state index in [0.29, 0.717) is 12.1 Å². The van der Waals surface area contributed by atoms with Crippen LogP contribution in [0.3, 0.4) is 0 Å². The van der Waals surface area contributed by atoms with Crippen LogP contribution in [0.1, 0.15) is 17.8 Å². The minimum absolute atomic E-state index is 0.00529. The molecule has 0 unspecified atom stereocenters. The van der Waals surface area contributed by atoms with Crippen LogP contribution in [-0.4, -0.2) is 24.7 Å². The summed E-state index contributed by atoms with van der Waals surface area (Å²) >= 11 is 2.83. The second-order valence-electron chi connectivity index (χ2n) is 5.29. The monoisotopic (exact) mass is 461 g/mol. The molecule has 0 aliphatic rings. The van der Waals surface area contributed by atoms with Gasteiger partial charge in [-0.2, -0.15) is 18.3 Å². The maximum absolute atomic E-state index is 13.5. The number of aromatic nitrogens is 2. The molecule has 0 saturated heterocycles. The van der Waals surface area contributed by atoms with Gasteiger partial charge in [-0.15, -0.1) is 0 Å². The Labute approximate surface area is 154 Å². The molecule has 1 heterocycles. The number of rotatable bonds is 6. The number of hydrogen-bond acceptors (Lipinski definition) is 3. The maximum Gasteiger partial charge on any atom is 0.436 e. The van der Waals surface area contributed by atoms with Crippen LogP contribution in [0.25, 0.3) is 0 Å². The van der Waals surface area contributed by atoms with Gasteiger partial charge in [0, 0.05) is 13.1 Å². The largest absolute Gasteiger partial charge is 0.436 e. The number of nitrogens with zero attached hydrogens (tertiary/aromatic N) is 2. The van der Waals surface area contributed by atoms with E-state index in [2.05, 4.69) is 25.8 Å². The van der Waals surface area contributed by atoms with Crippen LogP contribution in [-0.2, 0) is 22.7 Å². The van der Waals surface area contributed by atoms with Gasteiger partial charge in [-0.1, -0.05) is 0 Å². The molecule has 0 spiro atoms. The number of hydrogen-bond donors (Lipinski definition) is 1. The third kappa shape index (κ3) is 4.60. The molecule has 0 radical (unpaired) electrons. The van der Waals surface area contributed by atoms with E-state index in [-0.39, 0.29) is 29.7 Å². The van der Waals surface area contributed by atoms with Crippen molar-refractivity contribution in [3.8, 4) is 0 Å². The number of benzene rings is 1. The SMILES string of the molecule is Cc1c(Br)c(C(F)(F)F)nn1CCCNS(=O)(=O)c1cc(F)ccc1F. The highest BCUT2D eigenvalue weighted by molar-refractivity contribution is 9.10.